The fraction of sp³-hybridized carbons (Fsp3) is 0.538. The Morgan fingerprint density at radius 3 is 2.73 bits per heavy atom. The normalized spacial score (nSPS) is 25.3. The third-order valence-corrected chi connectivity index (χ3v) is 4.60. The molecular weight excluding hydrogens is 250 g/mol. The van der Waals surface area contributed by atoms with Gasteiger partial charge >= 0.3 is 0 Å². The first-order valence-electron chi connectivity index (χ1n) is 5.88. The number of benzene rings is 1. The summed E-state index contributed by atoms with van der Waals surface area (Å²) in [5.74, 6) is 0.907. The highest BCUT2D eigenvalue weighted by Gasteiger charge is 2.30. The summed E-state index contributed by atoms with van der Waals surface area (Å²) >= 11 is 3.64. The fourth-order valence-corrected chi connectivity index (χ4v) is 3.54. The second-order valence-corrected chi connectivity index (χ2v) is 5.62. The van der Waals surface area contributed by atoms with E-state index in [1.807, 2.05) is 0 Å². The van der Waals surface area contributed by atoms with Crippen molar-refractivity contribution in [1.82, 2.24) is 0 Å². The molecule has 1 aromatic carbocycles. The molecule has 3 rings (SSSR count). The Balaban J connectivity index is 1.82. The van der Waals surface area contributed by atoms with Crippen molar-refractivity contribution in [3.63, 3.8) is 0 Å². The highest BCUT2D eigenvalue weighted by atomic mass is 79.9. The van der Waals surface area contributed by atoms with Crippen LogP contribution in [0.4, 0.5) is 5.69 Å². The number of nitrogens with one attached hydrogen (secondary N) is 1. The third-order valence-electron chi connectivity index (χ3n) is 3.85. The second-order valence-electron chi connectivity index (χ2n) is 4.77. The average Bonchev–Trinajstić information content (AvgIpc) is 2.86. The molecule has 1 aromatic rings. The van der Waals surface area contributed by atoms with Crippen LogP contribution < -0.4 is 5.32 Å². The van der Waals surface area contributed by atoms with Gasteiger partial charge in [0.1, 0.15) is 0 Å². The average molecular weight is 266 g/mol. The third kappa shape index (κ3) is 1.69. The molecule has 1 heterocycles. The number of fused-ring (bicyclic) bond motifs is 1. The van der Waals surface area contributed by atoms with E-state index in [1.165, 1.54) is 47.8 Å². The lowest BCUT2D eigenvalue weighted by Crippen LogP contribution is -2.24. The van der Waals surface area contributed by atoms with Gasteiger partial charge in [0, 0.05) is 16.2 Å². The minimum atomic E-state index is 0.696. The summed E-state index contributed by atoms with van der Waals surface area (Å²) in [6, 6.07) is 7.17. The number of anilines is 1. The standard InChI is InChI=1S/C13H16BrN/c14-11-6-3-7-12-10(11)8-13(15-12)9-4-1-2-5-9/h3,6-7,9,13,15H,1-2,4-5,8H2. The molecule has 1 fully saturated rings. The molecule has 80 valence electrons. The molecule has 1 unspecified atom stereocenters. The number of hydrogen-bond donors (Lipinski definition) is 1. The lowest BCUT2D eigenvalue weighted by molar-refractivity contribution is 0.466. The molecule has 0 saturated heterocycles. The van der Waals surface area contributed by atoms with Crippen LogP contribution in [0.3, 0.4) is 0 Å². The van der Waals surface area contributed by atoms with Gasteiger partial charge in [-0.1, -0.05) is 34.8 Å². The predicted molar refractivity (Wildman–Crippen MR) is 67.2 cm³/mol. The minimum absolute atomic E-state index is 0.696. The van der Waals surface area contributed by atoms with Crippen molar-refractivity contribution in [3.05, 3.63) is 28.2 Å². The quantitative estimate of drug-likeness (QED) is 0.810. The molecule has 1 saturated carbocycles. The number of hydrogen-bond acceptors (Lipinski definition) is 1. The molecule has 2 heteroatoms. The maximum absolute atomic E-state index is 3.69. The Morgan fingerprint density at radius 1 is 1.20 bits per heavy atom. The van der Waals surface area contributed by atoms with Gasteiger partial charge in [-0.2, -0.15) is 0 Å². The van der Waals surface area contributed by atoms with E-state index in [1.54, 1.807) is 0 Å². The molecule has 0 bridgehead atoms. The van der Waals surface area contributed by atoms with Crippen LogP contribution in [0.25, 0.3) is 0 Å². The van der Waals surface area contributed by atoms with E-state index in [2.05, 4.69) is 39.4 Å². The van der Waals surface area contributed by atoms with Crippen molar-refractivity contribution in [2.75, 3.05) is 5.32 Å². The summed E-state index contributed by atoms with van der Waals surface area (Å²) in [6.07, 6.45) is 6.91. The van der Waals surface area contributed by atoms with Crippen molar-refractivity contribution in [1.29, 1.82) is 0 Å². The molecule has 15 heavy (non-hydrogen) atoms. The predicted octanol–water partition coefficient (Wildman–Crippen LogP) is 3.98. The maximum Gasteiger partial charge on any atom is 0.0387 e. The molecule has 1 aliphatic heterocycles. The fourth-order valence-electron chi connectivity index (χ4n) is 3.02. The van der Waals surface area contributed by atoms with E-state index in [0.717, 1.165) is 5.92 Å². The molecular formula is C13H16BrN. The molecule has 1 nitrogen and oxygen atoms in total. The summed E-state index contributed by atoms with van der Waals surface area (Å²) in [7, 11) is 0. The Kier molecular flexibility index (Phi) is 2.47. The van der Waals surface area contributed by atoms with Crippen molar-refractivity contribution in [3.8, 4) is 0 Å². The molecule has 1 atom stereocenters. The van der Waals surface area contributed by atoms with Crippen molar-refractivity contribution in [2.24, 2.45) is 5.92 Å². The van der Waals surface area contributed by atoms with Crippen LogP contribution in [0.2, 0.25) is 0 Å². The lowest BCUT2D eigenvalue weighted by Gasteiger charge is -2.18. The van der Waals surface area contributed by atoms with Gasteiger partial charge in [-0.25, -0.2) is 0 Å². The highest BCUT2D eigenvalue weighted by Crippen LogP contribution is 2.38. The van der Waals surface area contributed by atoms with E-state index in [4.69, 9.17) is 0 Å². The van der Waals surface area contributed by atoms with E-state index >= 15 is 0 Å². The number of halogens is 1. The molecule has 0 aromatic heterocycles. The first kappa shape index (κ1) is 9.71. The summed E-state index contributed by atoms with van der Waals surface area (Å²) in [6.45, 7) is 0. The Morgan fingerprint density at radius 2 is 2.00 bits per heavy atom. The van der Waals surface area contributed by atoms with E-state index in [0.29, 0.717) is 6.04 Å². The Labute approximate surface area is 99.4 Å². The smallest absolute Gasteiger partial charge is 0.0387 e. The van der Waals surface area contributed by atoms with Crippen LogP contribution in [0.15, 0.2) is 22.7 Å². The maximum atomic E-state index is 3.69. The summed E-state index contributed by atoms with van der Waals surface area (Å²) < 4.78 is 1.27. The second kappa shape index (κ2) is 3.82. The summed E-state index contributed by atoms with van der Waals surface area (Å²) in [5, 5.41) is 3.69. The Hall–Kier alpha value is -0.500. The van der Waals surface area contributed by atoms with Gasteiger partial charge in [-0.3, -0.25) is 0 Å². The molecule has 0 radical (unpaired) electrons. The highest BCUT2D eigenvalue weighted by molar-refractivity contribution is 9.10. The van der Waals surface area contributed by atoms with Gasteiger partial charge in [0.15, 0.2) is 0 Å². The van der Waals surface area contributed by atoms with Crippen LogP contribution in [0, 0.1) is 5.92 Å². The van der Waals surface area contributed by atoms with Crippen molar-refractivity contribution < 1.29 is 0 Å². The molecule has 1 aliphatic carbocycles. The van der Waals surface area contributed by atoms with Gasteiger partial charge in [-0.05, 0) is 42.9 Å². The van der Waals surface area contributed by atoms with Gasteiger partial charge in [0.25, 0.3) is 0 Å². The molecule has 0 spiro atoms. The zero-order valence-corrected chi connectivity index (χ0v) is 10.4. The van der Waals surface area contributed by atoms with Crippen LogP contribution in [0.5, 0.6) is 0 Å². The first-order chi connectivity index (χ1) is 7.34. The van der Waals surface area contributed by atoms with Gasteiger partial charge < -0.3 is 5.32 Å². The number of rotatable bonds is 1. The zero-order valence-electron chi connectivity index (χ0n) is 8.80. The summed E-state index contributed by atoms with van der Waals surface area (Å²) in [5.41, 5.74) is 2.83. The largest absolute Gasteiger partial charge is 0.381 e. The van der Waals surface area contributed by atoms with E-state index in [-0.39, 0.29) is 0 Å². The van der Waals surface area contributed by atoms with E-state index in [9.17, 15) is 0 Å². The van der Waals surface area contributed by atoms with Gasteiger partial charge in [0.2, 0.25) is 0 Å². The Bertz CT molecular complexity index is 369. The molecule has 0 amide bonds. The van der Waals surface area contributed by atoms with Crippen molar-refractivity contribution in [2.45, 2.75) is 38.1 Å². The summed E-state index contributed by atoms with van der Waals surface area (Å²) in [4.78, 5) is 0. The lowest BCUT2D eigenvalue weighted by atomic mass is 9.95. The van der Waals surface area contributed by atoms with E-state index < -0.39 is 0 Å². The monoisotopic (exact) mass is 265 g/mol. The van der Waals surface area contributed by atoms with Crippen LogP contribution in [-0.2, 0) is 6.42 Å². The van der Waals surface area contributed by atoms with Crippen LogP contribution >= 0.6 is 15.9 Å². The minimum Gasteiger partial charge on any atom is -0.381 e. The van der Waals surface area contributed by atoms with Crippen molar-refractivity contribution >= 4 is 21.6 Å². The molecule has 2 aliphatic rings. The van der Waals surface area contributed by atoms with Gasteiger partial charge in [0.05, 0.1) is 0 Å². The zero-order chi connectivity index (χ0) is 10.3. The topological polar surface area (TPSA) is 12.0 Å². The van der Waals surface area contributed by atoms with Gasteiger partial charge in [-0.15, -0.1) is 0 Å². The first-order valence-corrected chi connectivity index (χ1v) is 6.68. The SMILES string of the molecule is Brc1cccc2c1CC(C1CCCC1)N2. The van der Waals surface area contributed by atoms with Crippen LogP contribution in [0.1, 0.15) is 31.2 Å². The molecule has 1 N–H and O–H groups in total. The van der Waals surface area contributed by atoms with Crippen LogP contribution in [-0.4, -0.2) is 6.04 Å².